The van der Waals surface area contributed by atoms with Crippen LogP contribution in [0.2, 0.25) is 0 Å². The summed E-state index contributed by atoms with van der Waals surface area (Å²) in [5.41, 5.74) is 0.882. The number of aliphatic hydroxyl groups excluding tert-OH is 1. The zero-order valence-electron chi connectivity index (χ0n) is 17.2. The molecule has 4 amide bonds. The Balaban J connectivity index is 1.94. The molecule has 2 rings (SSSR count). The summed E-state index contributed by atoms with van der Waals surface area (Å²) in [5.74, 6) is 0.393. The van der Waals surface area contributed by atoms with Crippen molar-refractivity contribution in [2.75, 3.05) is 27.4 Å². The minimum atomic E-state index is -0.903. The lowest BCUT2D eigenvalue weighted by atomic mass is 10.0. The van der Waals surface area contributed by atoms with Crippen molar-refractivity contribution in [2.45, 2.75) is 38.8 Å². The van der Waals surface area contributed by atoms with Crippen LogP contribution in [0.5, 0.6) is 11.5 Å². The zero-order valence-corrected chi connectivity index (χ0v) is 17.2. The number of benzene rings is 1. The van der Waals surface area contributed by atoms with Crippen LogP contribution in [0.4, 0.5) is 4.79 Å². The number of carbonyl (C=O) groups is 3. The molecule has 3 N–H and O–H groups in total. The fraction of sp³-hybridized carbons (Fsp3) is 0.550. The molecular formula is C20H29N3O6. The Kier molecular flexibility index (Phi) is 7.83. The molecule has 1 aliphatic rings. The van der Waals surface area contributed by atoms with Crippen molar-refractivity contribution in [1.29, 1.82) is 0 Å². The smallest absolute Gasteiger partial charge is 0.324 e. The normalized spacial score (nSPS) is 17.3. The van der Waals surface area contributed by atoms with Gasteiger partial charge in [0.05, 0.1) is 33.3 Å². The van der Waals surface area contributed by atoms with Crippen molar-refractivity contribution in [3.63, 3.8) is 0 Å². The van der Waals surface area contributed by atoms with Gasteiger partial charge in [0, 0.05) is 6.54 Å². The Morgan fingerprint density at radius 3 is 2.52 bits per heavy atom. The second-order valence-electron chi connectivity index (χ2n) is 7.24. The van der Waals surface area contributed by atoms with Gasteiger partial charge in [-0.25, -0.2) is 4.79 Å². The first kappa shape index (κ1) is 22.5. The van der Waals surface area contributed by atoms with Gasteiger partial charge in [-0.2, -0.15) is 0 Å². The first-order valence-electron chi connectivity index (χ1n) is 9.53. The second-order valence-corrected chi connectivity index (χ2v) is 7.24. The maximum atomic E-state index is 12.6. The topological polar surface area (TPSA) is 117 Å². The molecule has 1 fully saturated rings. The lowest BCUT2D eigenvalue weighted by Gasteiger charge is -2.20. The van der Waals surface area contributed by atoms with Crippen LogP contribution in [0, 0.1) is 5.92 Å². The second kappa shape index (κ2) is 10.1. The maximum absolute atomic E-state index is 12.6. The molecule has 1 aromatic carbocycles. The van der Waals surface area contributed by atoms with Crippen LogP contribution in [0.3, 0.4) is 0 Å². The van der Waals surface area contributed by atoms with Crippen LogP contribution >= 0.6 is 0 Å². The van der Waals surface area contributed by atoms with Crippen LogP contribution in [0.1, 0.15) is 25.8 Å². The van der Waals surface area contributed by atoms with E-state index in [1.165, 1.54) is 7.11 Å². The summed E-state index contributed by atoms with van der Waals surface area (Å²) in [7, 11) is 3.08. The number of rotatable bonds is 10. The molecule has 0 saturated carbocycles. The van der Waals surface area contributed by atoms with E-state index >= 15 is 0 Å². The van der Waals surface area contributed by atoms with Crippen molar-refractivity contribution in [3.8, 4) is 11.5 Å². The number of ether oxygens (including phenoxy) is 2. The van der Waals surface area contributed by atoms with Crippen LogP contribution in [-0.4, -0.2) is 67.3 Å². The number of hydrogen-bond donors (Lipinski definition) is 3. The van der Waals surface area contributed by atoms with E-state index in [2.05, 4.69) is 10.6 Å². The first-order valence-corrected chi connectivity index (χ1v) is 9.53. The minimum absolute atomic E-state index is 0.0517. The van der Waals surface area contributed by atoms with Gasteiger partial charge in [0.15, 0.2) is 11.5 Å². The van der Waals surface area contributed by atoms with E-state index in [0.29, 0.717) is 17.9 Å². The summed E-state index contributed by atoms with van der Waals surface area (Å²) in [6.45, 7) is 3.74. The summed E-state index contributed by atoms with van der Waals surface area (Å²) >= 11 is 0. The van der Waals surface area contributed by atoms with E-state index in [4.69, 9.17) is 9.47 Å². The lowest BCUT2D eigenvalue weighted by Crippen LogP contribution is -2.44. The van der Waals surface area contributed by atoms with Crippen LogP contribution < -0.4 is 20.1 Å². The third-order valence-corrected chi connectivity index (χ3v) is 4.92. The molecule has 0 radical (unpaired) electrons. The highest BCUT2D eigenvalue weighted by atomic mass is 16.5. The number of nitrogens with zero attached hydrogens (tertiary/aromatic N) is 1. The van der Waals surface area contributed by atoms with E-state index in [1.807, 2.05) is 19.9 Å². The maximum Gasteiger partial charge on any atom is 0.324 e. The molecule has 0 bridgehead atoms. The number of hydrogen-bond acceptors (Lipinski definition) is 6. The van der Waals surface area contributed by atoms with Gasteiger partial charge in [-0.15, -0.1) is 0 Å². The van der Waals surface area contributed by atoms with E-state index in [-0.39, 0.29) is 25.5 Å². The largest absolute Gasteiger partial charge is 0.493 e. The van der Waals surface area contributed by atoms with Crippen molar-refractivity contribution < 1.29 is 29.0 Å². The van der Waals surface area contributed by atoms with Crippen LogP contribution in [0.15, 0.2) is 18.2 Å². The minimum Gasteiger partial charge on any atom is -0.493 e. The van der Waals surface area contributed by atoms with Crippen LogP contribution in [0.25, 0.3) is 0 Å². The quantitative estimate of drug-likeness (QED) is 0.491. The Hall–Kier alpha value is -2.81. The average molecular weight is 407 g/mol. The SMILES string of the molecule is COc1ccc(CCN2C(=O)N[C@@H](CC(=O)N[C@@H](CO)C(C)C)C2=O)cc1OC. The highest BCUT2D eigenvalue weighted by molar-refractivity contribution is 6.05. The number of amides is 4. The summed E-state index contributed by atoms with van der Waals surface area (Å²) in [4.78, 5) is 38.0. The average Bonchev–Trinajstić information content (AvgIpc) is 2.96. The fourth-order valence-corrected chi connectivity index (χ4v) is 3.08. The fourth-order valence-electron chi connectivity index (χ4n) is 3.08. The summed E-state index contributed by atoms with van der Waals surface area (Å²) < 4.78 is 10.5. The van der Waals surface area contributed by atoms with Gasteiger partial charge in [0.25, 0.3) is 5.91 Å². The van der Waals surface area contributed by atoms with Crippen molar-refractivity contribution in [2.24, 2.45) is 5.92 Å². The summed E-state index contributed by atoms with van der Waals surface area (Å²) in [5, 5.41) is 14.6. The first-order chi connectivity index (χ1) is 13.8. The van der Waals surface area contributed by atoms with E-state index < -0.39 is 29.9 Å². The Labute approximate surface area is 170 Å². The Bertz CT molecular complexity index is 752. The van der Waals surface area contributed by atoms with Crippen molar-refractivity contribution >= 4 is 17.8 Å². The number of methoxy groups -OCH3 is 2. The number of aliphatic hydroxyl groups is 1. The predicted molar refractivity (Wildman–Crippen MR) is 106 cm³/mol. The highest BCUT2D eigenvalue weighted by Crippen LogP contribution is 2.27. The molecular weight excluding hydrogens is 378 g/mol. The molecule has 9 heteroatoms. The molecule has 2 atom stereocenters. The van der Waals surface area contributed by atoms with Crippen molar-refractivity contribution in [1.82, 2.24) is 15.5 Å². The van der Waals surface area contributed by atoms with E-state index in [0.717, 1.165) is 10.5 Å². The van der Waals surface area contributed by atoms with Gasteiger partial charge >= 0.3 is 6.03 Å². The molecule has 0 aromatic heterocycles. The zero-order chi connectivity index (χ0) is 21.6. The monoisotopic (exact) mass is 407 g/mol. The molecule has 0 unspecified atom stereocenters. The molecule has 160 valence electrons. The molecule has 29 heavy (non-hydrogen) atoms. The number of urea groups is 1. The van der Waals surface area contributed by atoms with Gasteiger partial charge in [-0.05, 0) is 30.0 Å². The van der Waals surface area contributed by atoms with Crippen molar-refractivity contribution in [3.05, 3.63) is 23.8 Å². The molecule has 1 saturated heterocycles. The van der Waals surface area contributed by atoms with Gasteiger partial charge in [0.2, 0.25) is 5.91 Å². The third-order valence-electron chi connectivity index (χ3n) is 4.92. The predicted octanol–water partition coefficient (Wildman–Crippen LogP) is 0.690. The highest BCUT2D eigenvalue weighted by Gasteiger charge is 2.39. The standard InChI is InChI=1S/C20H29N3O6/c1-12(2)15(11-24)21-18(25)10-14-19(26)23(20(27)22-14)8-7-13-5-6-16(28-3)17(9-13)29-4/h5-6,9,12,14-15,24H,7-8,10-11H2,1-4H3,(H,21,25)(H,22,27)/t14-,15-/m0/s1. The molecule has 0 aliphatic carbocycles. The van der Waals surface area contributed by atoms with Crippen LogP contribution in [-0.2, 0) is 16.0 Å². The third kappa shape index (κ3) is 5.60. The van der Waals surface area contributed by atoms with E-state index in [9.17, 15) is 19.5 Å². The van der Waals surface area contributed by atoms with Gasteiger partial charge in [0.1, 0.15) is 6.04 Å². The molecule has 1 heterocycles. The summed E-state index contributed by atoms with van der Waals surface area (Å²) in [6.07, 6.45) is 0.277. The number of imide groups is 1. The Morgan fingerprint density at radius 1 is 1.24 bits per heavy atom. The number of carbonyl (C=O) groups excluding carboxylic acids is 3. The van der Waals surface area contributed by atoms with Gasteiger partial charge in [-0.1, -0.05) is 19.9 Å². The van der Waals surface area contributed by atoms with E-state index in [1.54, 1.807) is 19.2 Å². The molecule has 9 nitrogen and oxygen atoms in total. The molecule has 1 aromatic rings. The van der Waals surface area contributed by atoms with Gasteiger partial charge < -0.3 is 25.2 Å². The Morgan fingerprint density at radius 2 is 1.93 bits per heavy atom. The van der Waals surface area contributed by atoms with Gasteiger partial charge in [-0.3, -0.25) is 14.5 Å². The lowest BCUT2D eigenvalue weighted by molar-refractivity contribution is -0.131. The molecule has 1 aliphatic heterocycles. The summed E-state index contributed by atoms with van der Waals surface area (Å²) in [6, 6.07) is 3.58. The number of nitrogens with one attached hydrogen (secondary N) is 2. The molecule has 0 spiro atoms.